The van der Waals surface area contributed by atoms with E-state index in [1.807, 2.05) is 4.68 Å². The van der Waals surface area contributed by atoms with Crippen molar-refractivity contribution >= 4 is 21.8 Å². The molecule has 1 amide bonds. The lowest BCUT2D eigenvalue weighted by molar-refractivity contribution is 0.0892. The predicted molar refractivity (Wildman–Crippen MR) is 63.3 cm³/mol. The van der Waals surface area contributed by atoms with Crippen molar-refractivity contribution in [3.63, 3.8) is 0 Å². The summed E-state index contributed by atoms with van der Waals surface area (Å²) in [7, 11) is 0. The van der Waals surface area contributed by atoms with Crippen LogP contribution in [0.4, 0.5) is 0 Å². The van der Waals surface area contributed by atoms with E-state index in [1.54, 1.807) is 6.07 Å². The molecule has 1 atom stereocenters. The summed E-state index contributed by atoms with van der Waals surface area (Å²) in [4.78, 5) is 11.7. The highest BCUT2D eigenvalue weighted by atomic mass is 79.9. The van der Waals surface area contributed by atoms with Gasteiger partial charge in [0.15, 0.2) is 0 Å². The van der Waals surface area contributed by atoms with Crippen LogP contribution in [0.15, 0.2) is 10.7 Å². The number of carbonyl (C=O) groups excluding carboxylic acids is 1. The predicted octanol–water partition coefficient (Wildman–Crippen LogP) is 2.12. The molecule has 2 heterocycles. The van der Waals surface area contributed by atoms with Gasteiger partial charge in [-0.05, 0) is 34.7 Å². The van der Waals surface area contributed by atoms with E-state index in [2.05, 4.69) is 26.3 Å². The molecule has 5 heteroatoms. The summed E-state index contributed by atoms with van der Waals surface area (Å²) in [5, 5.41) is 7.36. The summed E-state index contributed by atoms with van der Waals surface area (Å²) >= 11 is 3.34. The fraction of sp³-hybridized carbons (Fsp3) is 0.636. The van der Waals surface area contributed by atoms with Crippen LogP contribution < -0.4 is 5.32 Å². The molecule has 86 valence electrons. The van der Waals surface area contributed by atoms with Crippen LogP contribution in [0.25, 0.3) is 0 Å². The van der Waals surface area contributed by atoms with E-state index in [0.29, 0.717) is 17.7 Å². The molecule has 1 unspecified atom stereocenters. The standard InChI is InChI=1S/C11H14BrN3O/c12-10-5-8-11(16)13-6-9(15(8)14-10)7-3-1-2-4-7/h5,7,9H,1-4,6H2,(H,13,16). The molecule has 0 aromatic carbocycles. The molecule has 1 aliphatic heterocycles. The molecule has 0 bridgehead atoms. The van der Waals surface area contributed by atoms with Crippen LogP contribution in [0.5, 0.6) is 0 Å². The number of hydrogen-bond donors (Lipinski definition) is 1. The van der Waals surface area contributed by atoms with Crippen LogP contribution in [0.2, 0.25) is 0 Å². The van der Waals surface area contributed by atoms with Crippen molar-refractivity contribution in [3.8, 4) is 0 Å². The molecule has 4 nitrogen and oxygen atoms in total. The van der Waals surface area contributed by atoms with Gasteiger partial charge in [0.1, 0.15) is 10.3 Å². The number of fused-ring (bicyclic) bond motifs is 1. The molecule has 0 spiro atoms. The van der Waals surface area contributed by atoms with Crippen LogP contribution in [-0.2, 0) is 0 Å². The zero-order chi connectivity index (χ0) is 11.1. The number of amides is 1. The number of nitrogens with zero attached hydrogens (tertiary/aromatic N) is 2. The van der Waals surface area contributed by atoms with Crippen LogP contribution in [0.3, 0.4) is 0 Å². The monoisotopic (exact) mass is 283 g/mol. The number of halogens is 1. The minimum Gasteiger partial charge on any atom is -0.349 e. The third-order valence-corrected chi connectivity index (χ3v) is 4.06. The summed E-state index contributed by atoms with van der Waals surface area (Å²) < 4.78 is 2.67. The lowest BCUT2D eigenvalue weighted by atomic mass is 9.96. The van der Waals surface area contributed by atoms with Gasteiger partial charge in [-0.2, -0.15) is 5.10 Å². The number of aromatic nitrogens is 2. The Labute approximate surface area is 103 Å². The van der Waals surface area contributed by atoms with Gasteiger partial charge in [-0.1, -0.05) is 12.8 Å². The van der Waals surface area contributed by atoms with Crippen molar-refractivity contribution < 1.29 is 4.79 Å². The van der Waals surface area contributed by atoms with E-state index >= 15 is 0 Å². The number of carbonyl (C=O) groups is 1. The third kappa shape index (κ3) is 1.57. The van der Waals surface area contributed by atoms with Gasteiger partial charge in [0.2, 0.25) is 0 Å². The molecular formula is C11H14BrN3O. The Balaban J connectivity index is 1.96. The van der Waals surface area contributed by atoms with E-state index in [0.717, 1.165) is 11.1 Å². The van der Waals surface area contributed by atoms with Crippen LogP contribution in [0.1, 0.15) is 42.2 Å². The zero-order valence-electron chi connectivity index (χ0n) is 8.95. The second kappa shape index (κ2) is 3.87. The summed E-state index contributed by atoms with van der Waals surface area (Å²) in [6, 6.07) is 2.15. The Bertz CT molecular complexity index is 423. The van der Waals surface area contributed by atoms with E-state index in [9.17, 15) is 4.79 Å². The second-order valence-electron chi connectivity index (χ2n) is 4.62. The molecule has 1 saturated carbocycles. The highest BCUT2D eigenvalue weighted by molar-refractivity contribution is 9.10. The summed E-state index contributed by atoms with van der Waals surface area (Å²) in [6.07, 6.45) is 5.15. The topological polar surface area (TPSA) is 46.9 Å². The molecule has 1 fully saturated rings. The van der Waals surface area contributed by atoms with Gasteiger partial charge in [-0.3, -0.25) is 9.48 Å². The summed E-state index contributed by atoms with van der Waals surface area (Å²) in [5.41, 5.74) is 0.690. The maximum absolute atomic E-state index is 11.7. The summed E-state index contributed by atoms with van der Waals surface area (Å²) in [6.45, 7) is 0.727. The fourth-order valence-corrected chi connectivity index (χ4v) is 3.26. The lowest BCUT2D eigenvalue weighted by Gasteiger charge is -2.29. The van der Waals surface area contributed by atoms with Crippen molar-refractivity contribution in [1.29, 1.82) is 0 Å². The molecule has 1 N–H and O–H groups in total. The van der Waals surface area contributed by atoms with Gasteiger partial charge in [0, 0.05) is 12.6 Å². The maximum Gasteiger partial charge on any atom is 0.269 e. The molecule has 0 radical (unpaired) electrons. The number of nitrogens with one attached hydrogen (secondary N) is 1. The third-order valence-electron chi connectivity index (χ3n) is 3.67. The zero-order valence-corrected chi connectivity index (χ0v) is 10.5. The Morgan fingerprint density at radius 1 is 1.44 bits per heavy atom. The molecule has 16 heavy (non-hydrogen) atoms. The first-order valence-corrected chi connectivity index (χ1v) is 6.58. The first-order chi connectivity index (χ1) is 7.75. The van der Waals surface area contributed by atoms with Crippen LogP contribution in [0, 0.1) is 5.92 Å². The van der Waals surface area contributed by atoms with Crippen molar-refractivity contribution in [2.45, 2.75) is 31.7 Å². The maximum atomic E-state index is 11.7. The Morgan fingerprint density at radius 2 is 2.19 bits per heavy atom. The van der Waals surface area contributed by atoms with E-state index in [1.165, 1.54) is 25.7 Å². The Morgan fingerprint density at radius 3 is 2.94 bits per heavy atom. The van der Waals surface area contributed by atoms with Crippen LogP contribution >= 0.6 is 15.9 Å². The molecular weight excluding hydrogens is 270 g/mol. The van der Waals surface area contributed by atoms with Crippen LogP contribution in [-0.4, -0.2) is 22.2 Å². The van der Waals surface area contributed by atoms with E-state index in [-0.39, 0.29) is 5.91 Å². The first-order valence-electron chi connectivity index (χ1n) is 5.79. The highest BCUT2D eigenvalue weighted by Gasteiger charge is 2.33. The minimum atomic E-state index is -0.00699. The van der Waals surface area contributed by atoms with Gasteiger partial charge in [-0.15, -0.1) is 0 Å². The Hall–Kier alpha value is -0.840. The lowest BCUT2D eigenvalue weighted by Crippen LogP contribution is -2.41. The molecule has 3 rings (SSSR count). The molecule has 1 aliphatic carbocycles. The minimum absolute atomic E-state index is 0.00699. The van der Waals surface area contributed by atoms with Gasteiger partial charge in [0.05, 0.1) is 6.04 Å². The van der Waals surface area contributed by atoms with E-state index < -0.39 is 0 Å². The van der Waals surface area contributed by atoms with Crippen molar-refractivity contribution in [2.75, 3.05) is 6.54 Å². The largest absolute Gasteiger partial charge is 0.349 e. The molecule has 0 saturated heterocycles. The van der Waals surface area contributed by atoms with Crippen molar-refractivity contribution in [1.82, 2.24) is 15.1 Å². The van der Waals surface area contributed by atoms with Gasteiger partial charge in [-0.25, -0.2) is 0 Å². The van der Waals surface area contributed by atoms with Gasteiger partial charge >= 0.3 is 0 Å². The molecule has 1 aromatic heterocycles. The normalized spacial score (nSPS) is 25.6. The smallest absolute Gasteiger partial charge is 0.269 e. The average molecular weight is 284 g/mol. The van der Waals surface area contributed by atoms with E-state index in [4.69, 9.17) is 0 Å². The van der Waals surface area contributed by atoms with Gasteiger partial charge in [0.25, 0.3) is 5.91 Å². The number of hydrogen-bond acceptors (Lipinski definition) is 2. The quantitative estimate of drug-likeness (QED) is 0.858. The average Bonchev–Trinajstić information content (AvgIpc) is 2.87. The van der Waals surface area contributed by atoms with Gasteiger partial charge < -0.3 is 5.32 Å². The second-order valence-corrected chi connectivity index (χ2v) is 5.43. The first kappa shape index (κ1) is 10.3. The van der Waals surface area contributed by atoms with Crippen molar-refractivity contribution in [3.05, 3.63) is 16.4 Å². The van der Waals surface area contributed by atoms with Crippen molar-refractivity contribution in [2.24, 2.45) is 5.92 Å². The SMILES string of the molecule is O=C1NCC(C2CCCC2)n2nc(Br)cc21. The number of rotatable bonds is 1. The highest BCUT2D eigenvalue weighted by Crippen LogP contribution is 2.36. The molecule has 2 aliphatic rings. The fourth-order valence-electron chi connectivity index (χ4n) is 2.87. The molecule has 1 aromatic rings. The Kier molecular flexibility index (Phi) is 2.50. The summed E-state index contributed by atoms with van der Waals surface area (Å²) in [5.74, 6) is 0.665.